The van der Waals surface area contributed by atoms with Crippen LogP contribution >= 0.6 is 11.8 Å². The second kappa shape index (κ2) is 11.3. The predicted octanol–water partition coefficient (Wildman–Crippen LogP) is 1.99. The number of aliphatic imine (C=N–C) groups is 1. The van der Waals surface area contributed by atoms with Gasteiger partial charge in [-0.1, -0.05) is 19.1 Å². The number of rotatable bonds is 8. The molecule has 0 aromatic heterocycles. The van der Waals surface area contributed by atoms with Crippen LogP contribution in [0, 0.1) is 0 Å². The first-order valence-corrected chi connectivity index (χ1v) is 10.4. The number of morpholine rings is 1. The van der Waals surface area contributed by atoms with Crippen LogP contribution in [-0.2, 0) is 4.74 Å². The third kappa shape index (κ3) is 6.37. The maximum Gasteiger partial charge on any atom is 0.191 e. The second-order valence-electron chi connectivity index (χ2n) is 6.32. The Morgan fingerprint density at radius 3 is 2.46 bits per heavy atom. The Kier molecular flexibility index (Phi) is 9.08. The molecule has 146 valence electrons. The van der Waals surface area contributed by atoms with E-state index in [1.165, 1.54) is 5.56 Å². The van der Waals surface area contributed by atoms with Crippen molar-refractivity contribution in [3.05, 3.63) is 29.8 Å². The molecule has 6 nitrogen and oxygen atoms in total. The standard InChI is InChI=1S/C19H32N4O2S/c1-15(26-4)13-21-19(20-2)22-14-18(23-9-11-25-12-10-23)16-5-7-17(24-3)8-6-16/h5-8,15,18H,9-14H2,1-4H3,(H2,20,21,22). The lowest BCUT2D eigenvalue weighted by molar-refractivity contribution is 0.0170. The van der Waals surface area contributed by atoms with E-state index < -0.39 is 0 Å². The van der Waals surface area contributed by atoms with Crippen LogP contribution in [0.4, 0.5) is 0 Å². The Bertz CT molecular complexity index is 547. The normalized spacial score (nSPS) is 18.2. The Hall–Kier alpha value is -1.44. The minimum atomic E-state index is 0.265. The number of guanidine groups is 1. The SMILES string of the molecule is CN=C(NCC(C)SC)NCC(c1ccc(OC)cc1)N1CCOCC1. The molecule has 1 fully saturated rings. The monoisotopic (exact) mass is 380 g/mol. The van der Waals surface area contributed by atoms with Gasteiger partial charge in [-0.2, -0.15) is 11.8 Å². The van der Waals surface area contributed by atoms with Gasteiger partial charge in [0.15, 0.2) is 5.96 Å². The molecule has 0 bridgehead atoms. The quantitative estimate of drug-likeness (QED) is 0.531. The summed E-state index contributed by atoms with van der Waals surface area (Å²) in [5.41, 5.74) is 1.27. The van der Waals surface area contributed by atoms with Crippen LogP contribution in [-0.4, -0.2) is 75.9 Å². The molecule has 2 rings (SSSR count). The van der Waals surface area contributed by atoms with Crippen molar-refractivity contribution >= 4 is 17.7 Å². The zero-order valence-electron chi connectivity index (χ0n) is 16.3. The number of methoxy groups -OCH3 is 1. The molecule has 0 amide bonds. The van der Waals surface area contributed by atoms with Crippen LogP contribution in [0.1, 0.15) is 18.5 Å². The van der Waals surface area contributed by atoms with Gasteiger partial charge < -0.3 is 20.1 Å². The summed E-state index contributed by atoms with van der Waals surface area (Å²) >= 11 is 1.85. The number of thioether (sulfide) groups is 1. The van der Waals surface area contributed by atoms with Crippen molar-refractivity contribution in [2.45, 2.75) is 18.2 Å². The Morgan fingerprint density at radius 1 is 1.23 bits per heavy atom. The zero-order chi connectivity index (χ0) is 18.8. The maximum absolute atomic E-state index is 5.53. The van der Waals surface area contributed by atoms with E-state index in [2.05, 4.69) is 45.8 Å². The van der Waals surface area contributed by atoms with E-state index in [4.69, 9.17) is 9.47 Å². The van der Waals surface area contributed by atoms with Gasteiger partial charge >= 0.3 is 0 Å². The number of ether oxygens (including phenoxy) is 2. The van der Waals surface area contributed by atoms with Gasteiger partial charge in [0.2, 0.25) is 0 Å². The molecular weight excluding hydrogens is 348 g/mol. The number of benzene rings is 1. The average Bonchev–Trinajstić information content (AvgIpc) is 2.71. The molecule has 26 heavy (non-hydrogen) atoms. The first-order valence-electron chi connectivity index (χ1n) is 9.11. The van der Waals surface area contributed by atoms with Crippen molar-refractivity contribution in [2.24, 2.45) is 4.99 Å². The van der Waals surface area contributed by atoms with E-state index in [1.54, 1.807) is 7.11 Å². The van der Waals surface area contributed by atoms with Gasteiger partial charge in [0.05, 0.1) is 26.4 Å². The van der Waals surface area contributed by atoms with Gasteiger partial charge in [-0.05, 0) is 24.0 Å². The summed E-state index contributed by atoms with van der Waals surface area (Å²) in [5, 5.41) is 7.44. The van der Waals surface area contributed by atoms with Crippen molar-refractivity contribution in [1.29, 1.82) is 0 Å². The Morgan fingerprint density at radius 2 is 1.88 bits per heavy atom. The minimum Gasteiger partial charge on any atom is -0.497 e. The highest BCUT2D eigenvalue weighted by molar-refractivity contribution is 7.99. The molecule has 2 N–H and O–H groups in total. The molecule has 0 saturated carbocycles. The lowest BCUT2D eigenvalue weighted by atomic mass is 10.0. The smallest absolute Gasteiger partial charge is 0.191 e. The molecule has 1 heterocycles. The Labute approximate surface area is 161 Å². The van der Waals surface area contributed by atoms with Gasteiger partial charge in [-0.25, -0.2) is 0 Å². The summed E-state index contributed by atoms with van der Waals surface area (Å²) in [6.45, 7) is 7.33. The fraction of sp³-hybridized carbons (Fsp3) is 0.632. The van der Waals surface area contributed by atoms with E-state index in [0.29, 0.717) is 5.25 Å². The molecule has 1 aromatic rings. The highest BCUT2D eigenvalue weighted by Gasteiger charge is 2.23. The van der Waals surface area contributed by atoms with E-state index in [-0.39, 0.29) is 6.04 Å². The van der Waals surface area contributed by atoms with Gasteiger partial charge in [0.1, 0.15) is 5.75 Å². The molecule has 0 radical (unpaired) electrons. The molecule has 7 heteroatoms. The van der Waals surface area contributed by atoms with Crippen LogP contribution in [0.15, 0.2) is 29.3 Å². The highest BCUT2D eigenvalue weighted by atomic mass is 32.2. The molecule has 2 unspecified atom stereocenters. The number of nitrogens with zero attached hydrogens (tertiary/aromatic N) is 2. The van der Waals surface area contributed by atoms with Crippen LogP contribution < -0.4 is 15.4 Å². The van der Waals surface area contributed by atoms with Crippen LogP contribution in [0.2, 0.25) is 0 Å². The zero-order valence-corrected chi connectivity index (χ0v) is 17.1. The third-order valence-electron chi connectivity index (χ3n) is 4.63. The van der Waals surface area contributed by atoms with Crippen molar-refractivity contribution < 1.29 is 9.47 Å². The molecule has 1 aliphatic rings. The summed E-state index contributed by atoms with van der Waals surface area (Å²) in [7, 11) is 3.51. The Balaban J connectivity index is 2.03. The van der Waals surface area contributed by atoms with E-state index >= 15 is 0 Å². The summed E-state index contributed by atoms with van der Waals surface area (Å²) < 4.78 is 10.8. The van der Waals surface area contributed by atoms with E-state index in [9.17, 15) is 0 Å². The summed E-state index contributed by atoms with van der Waals surface area (Å²) in [6, 6.07) is 8.60. The fourth-order valence-corrected chi connectivity index (χ4v) is 3.16. The fourth-order valence-electron chi connectivity index (χ4n) is 2.91. The predicted molar refractivity (Wildman–Crippen MR) is 110 cm³/mol. The summed E-state index contributed by atoms with van der Waals surface area (Å²) in [5.74, 6) is 1.73. The van der Waals surface area contributed by atoms with Gasteiger partial charge in [-0.15, -0.1) is 0 Å². The molecule has 1 aliphatic heterocycles. The number of hydrogen-bond acceptors (Lipinski definition) is 5. The lowest BCUT2D eigenvalue weighted by Crippen LogP contribution is -2.47. The first-order chi connectivity index (χ1) is 12.7. The minimum absolute atomic E-state index is 0.265. The van der Waals surface area contributed by atoms with Crippen LogP contribution in [0.5, 0.6) is 5.75 Å². The molecular formula is C19H32N4O2S. The summed E-state index contributed by atoms with van der Waals surface area (Å²) in [4.78, 5) is 6.82. The van der Waals surface area contributed by atoms with Crippen molar-refractivity contribution in [2.75, 3.05) is 59.8 Å². The maximum atomic E-state index is 5.53. The van der Waals surface area contributed by atoms with Crippen molar-refractivity contribution in [3.8, 4) is 5.75 Å². The first kappa shape index (κ1) is 20.9. The number of nitrogens with one attached hydrogen (secondary N) is 2. The number of hydrogen-bond donors (Lipinski definition) is 2. The average molecular weight is 381 g/mol. The molecule has 1 saturated heterocycles. The highest BCUT2D eigenvalue weighted by Crippen LogP contribution is 2.23. The van der Waals surface area contributed by atoms with Gasteiger partial charge in [0, 0.05) is 38.5 Å². The summed E-state index contributed by atoms with van der Waals surface area (Å²) in [6.07, 6.45) is 2.13. The van der Waals surface area contributed by atoms with Gasteiger partial charge in [-0.3, -0.25) is 9.89 Å². The van der Waals surface area contributed by atoms with E-state index in [0.717, 1.165) is 51.1 Å². The molecule has 1 aromatic carbocycles. The molecule has 0 aliphatic carbocycles. The second-order valence-corrected chi connectivity index (χ2v) is 7.59. The molecule has 2 atom stereocenters. The van der Waals surface area contributed by atoms with Crippen molar-refractivity contribution in [3.63, 3.8) is 0 Å². The topological polar surface area (TPSA) is 58.1 Å². The van der Waals surface area contributed by atoms with Crippen LogP contribution in [0.25, 0.3) is 0 Å². The van der Waals surface area contributed by atoms with Gasteiger partial charge in [0.25, 0.3) is 0 Å². The van der Waals surface area contributed by atoms with E-state index in [1.807, 2.05) is 30.9 Å². The third-order valence-corrected chi connectivity index (χ3v) is 5.60. The largest absolute Gasteiger partial charge is 0.497 e. The van der Waals surface area contributed by atoms with Crippen molar-refractivity contribution in [1.82, 2.24) is 15.5 Å². The lowest BCUT2D eigenvalue weighted by Gasteiger charge is -2.35. The molecule has 0 spiro atoms. The van der Waals surface area contributed by atoms with Crippen LogP contribution in [0.3, 0.4) is 0 Å².